The summed E-state index contributed by atoms with van der Waals surface area (Å²) in [5.41, 5.74) is 6.83. The number of para-hydroxylation sites is 2. The van der Waals surface area contributed by atoms with Crippen molar-refractivity contribution in [2.24, 2.45) is 0 Å². The molecular formula is C27H25N5. The first-order chi connectivity index (χ1) is 15.6. The van der Waals surface area contributed by atoms with Gasteiger partial charge < -0.3 is 9.80 Å². The number of benzene rings is 2. The van der Waals surface area contributed by atoms with Crippen LogP contribution in [-0.4, -0.2) is 23.7 Å². The molecule has 0 amide bonds. The zero-order valence-corrected chi connectivity index (χ0v) is 18.5. The number of hydrogen-bond donors (Lipinski definition) is 0. The SMILES string of the molecule is CN1CN(c2ccccc2)c2ncc(N3c4ccccc4C(C)(C)c4cccnc43)cc21. The van der Waals surface area contributed by atoms with Crippen LogP contribution in [0.4, 0.5) is 34.4 Å². The highest BCUT2D eigenvalue weighted by atomic mass is 15.4. The van der Waals surface area contributed by atoms with Gasteiger partial charge in [0.15, 0.2) is 5.82 Å². The van der Waals surface area contributed by atoms with E-state index in [1.807, 2.05) is 24.5 Å². The Morgan fingerprint density at radius 3 is 2.34 bits per heavy atom. The van der Waals surface area contributed by atoms with Gasteiger partial charge in [0.2, 0.25) is 0 Å². The van der Waals surface area contributed by atoms with E-state index in [0.717, 1.165) is 41.1 Å². The third-order valence-corrected chi connectivity index (χ3v) is 6.67. The van der Waals surface area contributed by atoms with E-state index in [1.165, 1.54) is 11.1 Å². The summed E-state index contributed by atoms with van der Waals surface area (Å²) in [6.45, 7) is 5.32. The van der Waals surface area contributed by atoms with Crippen molar-refractivity contribution in [2.45, 2.75) is 19.3 Å². The summed E-state index contributed by atoms with van der Waals surface area (Å²) in [4.78, 5) is 16.5. The number of rotatable bonds is 2. The first-order valence-electron chi connectivity index (χ1n) is 10.9. The molecule has 0 atom stereocenters. The number of fused-ring (bicyclic) bond motifs is 3. The van der Waals surface area contributed by atoms with Crippen molar-refractivity contribution in [3.8, 4) is 0 Å². The van der Waals surface area contributed by atoms with Gasteiger partial charge in [-0.15, -0.1) is 0 Å². The van der Waals surface area contributed by atoms with Gasteiger partial charge in [0, 0.05) is 29.9 Å². The van der Waals surface area contributed by atoms with Crippen LogP contribution in [0.1, 0.15) is 25.0 Å². The lowest BCUT2D eigenvalue weighted by atomic mass is 9.74. The Balaban J connectivity index is 1.51. The number of pyridine rings is 2. The maximum Gasteiger partial charge on any atom is 0.158 e. The van der Waals surface area contributed by atoms with Crippen molar-refractivity contribution in [3.63, 3.8) is 0 Å². The fraction of sp³-hybridized carbons (Fsp3) is 0.185. The molecule has 2 aromatic heterocycles. The molecule has 0 saturated carbocycles. The van der Waals surface area contributed by atoms with E-state index < -0.39 is 0 Å². The van der Waals surface area contributed by atoms with Crippen LogP contribution >= 0.6 is 0 Å². The second-order valence-corrected chi connectivity index (χ2v) is 8.99. The van der Waals surface area contributed by atoms with Gasteiger partial charge in [0.1, 0.15) is 5.82 Å². The minimum Gasteiger partial charge on any atom is -0.353 e. The molecule has 0 unspecified atom stereocenters. The van der Waals surface area contributed by atoms with Crippen LogP contribution in [-0.2, 0) is 5.41 Å². The lowest BCUT2D eigenvalue weighted by Crippen LogP contribution is -2.31. The molecule has 2 aromatic carbocycles. The zero-order valence-electron chi connectivity index (χ0n) is 18.5. The Morgan fingerprint density at radius 2 is 1.50 bits per heavy atom. The van der Waals surface area contributed by atoms with E-state index >= 15 is 0 Å². The summed E-state index contributed by atoms with van der Waals surface area (Å²) >= 11 is 0. The monoisotopic (exact) mass is 419 g/mol. The van der Waals surface area contributed by atoms with Gasteiger partial charge in [0.25, 0.3) is 0 Å². The molecule has 0 bridgehead atoms. The Hall–Kier alpha value is -3.86. The van der Waals surface area contributed by atoms with Gasteiger partial charge >= 0.3 is 0 Å². The fourth-order valence-corrected chi connectivity index (χ4v) is 4.99. The Kier molecular flexibility index (Phi) is 4.02. The summed E-state index contributed by atoms with van der Waals surface area (Å²) in [5.74, 6) is 1.95. The quantitative estimate of drug-likeness (QED) is 0.390. The minimum atomic E-state index is -0.123. The second kappa shape index (κ2) is 6.82. The molecule has 0 fully saturated rings. The number of aromatic nitrogens is 2. The first kappa shape index (κ1) is 18.9. The van der Waals surface area contributed by atoms with Crippen LogP contribution in [0.2, 0.25) is 0 Å². The molecule has 0 N–H and O–H groups in total. The number of nitrogens with zero attached hydrogens (tertiary/aromatic N) is 5. The van der Waals surface area contributed by atoms with E-state index in [0.29, 0.717) is 0 Å². The van der Waals surface area contributed by atoms with Crippen LogP contribution in [0.15, 0.2) is 85.2 Å². The average Bonchev–Trinajstić information content (AvgIpc) is 3.16. The Labute approximate surface area is 188 Å². The fourth-order valence-electron chi connectivity index (χ4n) is 4.99. The van der Waals surface area contributed by atoms with Crippen molar-refractivity contribution in [3.05, 3.63) is 96.3 Å². The van der Waals surface area contributed by atoms with Gasteiger partial charge in [-0.25, -0.2) is 9.97 Å². The number of hydrogen-bond acceptors (Lipinski definition) is 5. The smallest absolute Gasteiger partial charge is 0.158 e. The average molecular weight is 420 g/mol. The molecule has 5 heteroatoms. The van der Waals surface area contributed by atoms with Crippen molar-refractivity contribution in [1.82, 2.24) is 9.97 Å². The van der Waals surface area contributed by atoms with Crippen LogP contribution in [0.5, 0.6) is 0 Å². The van der Waals surface area contributed by atoms with Crippen molar-refractivity contribution >= 4 is 34.4 Å². The molecule has 158 valence electrons. The highest BCUT2D eigenvalue weighted by molar-refractivity contribution is 5.88. The number of anilines is 6. The van der Waals surface area contributed by atoms with E-state index in [2.05, 4.69) is 96.3 Å². The summed E-state index contributed by atoms with van der Waals surface area (Å²) in [6, 6.07) is 25.5. The van der Waals surface area contributed by atoms with Crippen molar-refractivity contribution in [1.29, 1.82) is 0 Å². The van der Waals surface area contributed by atoms with Crippen molar-refractivity contribution in [2.75, 3.05) is 28.4 Å². The van der Waals surface area contributed by atoms with Gasteiger partial charge in [-0.1, -0.05) is 56.3 Å². The van der Waals surface area contributed by atoms with E-state index in [9.17, 15) is 0 Å². The summed E-state index contributed by atoms with van der Waals surface area (Å²) in [6.07, 6.45) is 3.85. The second-order valence-electron chi connectivity index (χ2n) is 8.99. The van der Waals surface area contributed by atoms with Gasteiger partial charge in [-0.2, -0.15) is 0 Å². The van der Waals surface area contributed by atoms with Gasteiger partial charge in [0.05, 0.1) is 29.9 Å². The maximum absolute atomic E-state index is 4.94. The van der Waals surface area contributed by atoms with Gasteiger partial charge in [-0.05, 0) is 35.9 Å². The molecular weight excluding hydrogens is 394 g/mol. The predicted molar refractivity (Wildman–Crippen MR) is 131 cm³/mol. The molecule has 5 nitrogen and oxygen atoms in total. The van der Waals surface area contributed by atoms with E-state index in [1.54, 1.807) is 0 Å². The normalized spacial score (nSPS) is 15.9. The molecule has 4 aromatic rings. The summed E-state index contributed by atoms with van der Waals surface area (Å²) in [7, 11) is 2.12. The third kappa shape index (κ3) is 2.64. The van der Waals surface area contributed by atoms with Gasteiger partial charge in [-0.3, -0.25) is 4.90 Å². The molecule has 0 radical (unpaired) electrons. The molecule has 2 aliphatic heterocycles. The lowest BCUT2D eigenvalue weighted by Gasteiger charge is -2.40. The summed E-state index contributed by atoms with van der Waals surface area (Å²) < 4.78 is 0. The Morgan fingerprint density at radius 1 is 0.750 bits per heavy atom. The predicted octanol–water partition coefficient (Wildman–Crippen LogP) is 6.13. The molecule has 32 heavy (non-hydrogen) atoms. The van der Waals surface area contributed by atoms with Crippen LogP contribution in [0, 0.1) is 0 Å². The highest BCUT2D eigenvalue weighted by Crippen LogP contribution is 2.51. The van der Waals surface area contributed by atoms with Crippen molar-refractivity contribution < 1.29 is 0 Å². The van der Waals surface area contributed by atoms with Crippen LogP contribution in [0.25, 0.3) is 0 Å². The molecule has 0 spiro atoms. The topological polar surface area (TPSA) is 35.5 Å². The maximum atomic E-state index is 4.94. The first-order valence-corrected chi connectivity index (χ1v) is 10.9. The molecule has 6 rings (SSSR count). The standard InChI is InChI=1S/C27H25N5/c1-27(2)21-12-7-8-14-23(21)32(25-22(27)13-9-15-28-25)20-16-24-26(29-17-20)31(18-30(24)3)19-10-5-4-6-11-19/h4-17H,18H2,1-3H3. The molecule has 0 aliphatic carbocycles. The Bertz CT molecular complexity index is 1270. The largest absolute Gasteiger partial charge is 0.353 e. The zero-order chi connectivity index (χ0) is 21.9. The lowest BCUT2D eigenvalue weighted by molar-refractivity contribution is 0.627. The van der Waals surface area contributed by atoms with E-state index in [-0.39, 0.29) is 5.41 Å². The highest BCUT2D eigenvalue weighted by Gasteiger charge is 2.38. The molecule has 2 aliphatic rings. The van der Waals surface area contributed by atoms with E-state index in [4.69, 9.17) is 9.97 Å². The van der Waals surface area contributed by atoms with Crippen LogP contribution in [0.3, 0.4) is 0 Å². The summed E-state index contributed by atoms with van der Waals surface area (Å²) in [5, 5.41) is 0. The molecule has 0 saturated heterocycles. The molecule has 4 heterocycles. The third-order valence-electron chi connectivity index (χ3n) is 6.67. The minimum absolute atomic E-state index is 0.123. The van der Waals surface area contributed by atoms with Crippen LogP contribution < -0.4 is 14.7 Å².